The maximum atomic E-state index is 13.4. The van der Waals surface area contributed by atoms with Crippen molar-refractivity contribution in [2.45, 2.75) is 18.4 Å². The standard InChI is InChI=1S/C28H25ClN2O4S/c1-21-7-9-22(10-8-21)19-31(36(33,34)27-17-11-23(29)12-18-27)20-28(32)30-24-13-15-26(16-14-24)35-25-5-3-2-4-6-25/h2-18H,19-20H2,1H3,(H,30,32). The fourth-order valence-electron chi connectivity index (χ4n) is 3.47. The molecule has 0 fully saturated rings. The molecule has 0 aliphatic rings. The summed E-state index contributed by atoms with van der Waals surface area (Å²) >= 11 is 5.94. The Balaban J connectivity index is 1.49. The van der Waals surface area contributed by atoms with E-state index in [1.54, 1.807) is 24.3 Å². The van der Waals surface area contributed by atoms with Crippen molar-refractivity contribution in [3.63, 3.8) is 0 Å². The Bertz CT molecular complexity index is 1410. The van der Waals surface area contributed by atoms with Crippen LogP contribution in [-0.4, -0.2) is 25.2 Å². The van der Waals surface area contributed by atoms with Gasteiger partial charge in [-0.2, -0.15) is 4.31 Å². The molecule has 0 aliphatic heterocycles. The molecule has 1 N–H and O–H groups in total. The lowest BCUT2D eigenvalue weighted by molar-refractivity contribution is -0.116. The molecule has 0 radical (unpaired) electrons. The highest BCUT2D eigenvalue weighted by Gasteiger charge is 2.27. The maximum Gasteiger partial charge on any atom is 0.243 e. The van der Waals surface area contributed by atoms with Crippen LogP contribution in [0.25, 0.3) is 0 Å². The second-order valence-electron chi connectivity index (χ2n) is 8.20. The molecule has 0 bridgehead atoms. The highest BCUT2D eigenvalue weighted by molar-refractivity contribution is 7.89. The van der Waals surface area contributed by atoms with Gasteiger partial charge in [0.1, 0.15) is 11.5 Å². The summed E-state index contributed by atoms with van der Waals surface area (Å²) in [6.07, 6.45) is 0. The SMILES string of the molecule is Cc1ccc(CN(CC(=O)Nc2ccc(Oc3ccccc3)cc2)S(=O)(=O)c2ccc(Cl)cc2)cc1. The molecule has 4 aromatic carbocycles. The Morgan fingerprint density at radius 2 is 1.44 bits per heavy atom. The number of carbonyl (C=O) groups excluding carboxylic acids is 1. The molecule has 0 atom stereocenters. The third-order valence-corrected chi connectivity index (χ3v) is 7.43. The number of nitrogens with zero attached hydrogens (tertiary/aromatic N) is 1. The summed E-state index contributed by atoms with van der Waals surface area (Å²) in [4.78, 5) is 13.0. The van der Waals surface area contributed by atoms with Crippen molar-refractivity contribution < 1.29 is 17.9 Å². The molecule has 184 valence electrons. The third kappa shape index (κ3) is 6.73. The van der Waals surface area contributed by atoms with E-state index in [1.807, 2.05) is 61.5 Å². The quantitative estimate of drug-likeness (QED) is 0.282. The minimum absolute atomic E-state index is 0.0442. The summed E-state index contributed by atoms with van der Waals surface area (Å²) in [6, 6.07) is 29.6. The molecule has 0 aromatic heterocycles. The number of ether oxygens (including phenoxy) is 1. The lowest BCUT2D eigenvalue weighted by atomic mass is 10.1. The summed E-state index contributed by atoms with van der Waals surface area (Å²) in [5.41, 5.74) is 2.36. The average Bonchev–Trinajstić information content (AvgIpc) is 2.87. The van der Waals surface area contributed by atoms with E-state index >= 15 is 0 Å². The Hall–Kier alpha value is -3.65. The molecule has 36 heavy (non-hydrogen) atoms. The Morgan fingerprint density at radius 3 is 2.08 bits per heavy atom. The largest absolute Gasteiger partial charge is 0.457 e. The van der Waals surface area contributed by atoms with Gasteiger partial charge < -0.3 is 10.1 Å². The van der Waals surface area contributed by atoms with Crippen LogP contribution in [-0.2, 0) is 21.4 Å². The van der Waals surface area contributed by atoms with Crippen LogP contribution in [0.4, 0.5) is 5.69 Å². The lowest BCUT2D eigenvalue weighted by Crippen LogP contribution is -2.37. The monoisotopic (exact) mass is 520 g/mol. The highest BCUT2D eigenvalue weighted by atomic mass is 35.5. The van der Waals surface area contributed by atoms with Gasteiger partial charge >= 0.3 is 0 Å². The second kappa shape index (κ2) is 11.4. The maximum absolute atomic E-state index is 13.4. The minimum Gasteiger partial charge on any atom is -0.457 e. The van der Waals surface area contributed by atoms with Crippen molar-refractivity contribution >= 4 is 33.2 Å². The Labute approximate surface area is 216 Å². The zero-order valence-corrected chi connectivity index (χ0v) is 21.2. The van der Waals surface area contributed by atoms with Gasteiger partial charge in [0, 0.05) is 17.3 Å². The highest BCUT2D eigenvalue weighted by Crippen LogP contribution is 2.24. The summed E-state index contributed by atoms with van der Waals surface area (Å²) in [5, 5.41) is 3.20. The number of amides is 1. The zero-order valence-electron chi connectivity index (χ0n) is 19.6. The van der Waals surface area contributed by atoms with Crippen LogP contribution in [0.1, 0.15) is 11.1 Å². The number of anilines is 1. The third-order valence-electron chi connectivity index (χ3n) is 5.37. The predicted molar refractivity (Wildman–Crippen MR) is 142 cm³/mol. The lowest BCUT2D eigenvalue weighted by Gasteiger charge is -2.22. The van der Waals surface area contributed by atoms with Crippen molar-refractivity contribution in [3.05, 3.63) is 119 Å². The van der Waals surface area contributed by atoms with Gasteiger partial charge in [-0.05, 0) is 73.2 Å². The number of halogens is 1. The number of sulfonamides is 1. The van der Waals surface area contributed by atoms with Crippen LogP contribution >= 0.6 is 11.6 Å². The van der Waals surface area contributed by atoms with E-state index in [-0.39, 0.29) is 18.0 Å². The molecule has 0 heterocycles. The molecule has 0 saturated heterocycles. The van der Waals surface area contributed by atoms with Crippen LogP contribution < -0.4 is 10.1 Å². The van der Waals surface area contributed by atoms with Gasteiger partial charge in [0.05, 0.1) is 11.4 Å². The molecule has 1 amide bonds. The fraction of sp³-hybridized carbons (Fsp3) is 0.107. The molecule has 4 aromatic rings. The minimum atomic E-state index is -3.96. The fourth-order valence-corrected chi connectivity index (χ4v) is 4.98. The first-order valence-corrected chi connectivity index (χ1v) is 13.1. The van der Waals surface area contributed by atoms with Gasteiger partial charge in [-0.1, -0.05) is 59.6 Å². The van der Waals surface area contributed by atoms with Crippen molar-refractivity contribution in [1.82, 2.24) is 4.31 Å². The first-order chi connectivity index (χ1) is 17.3. The molecule has 0 aliphatic carbocycles. The number of hydrogen-bond acceptors (Lipinski definition) is 4. The zero-order chi connectivity index (χ0) is 25.5. The molecule has 8 heteroatoms. The number of benzene rings is 4. The van der Waals surface area contributed by atoms with Gasteiger partial charge in [0.25, 0.3) is 0 Å². The van der Waals surface area contributed by atoms with E-state index in [9.17, 15) is 13.2 Å². The van der Waals surface area contributed by atoms with Crippen LogP contribution in [0, 0.1) is 6.92 Å². The number of hydrogen-bond donors (Lipinski definition) is 1. The predicted octanol–water partition coefficient (Wildman–Crippen LogP) is 6.27. The van der Waals surface area contributed by atoms with Crippen molar-refractivity contribution in [3.8, 4) is 11.5 Å². The van der Waals surface area contributed by atoms with Gasteiger partial charge in [-0.15, -0.1) is 0 Å². The molecule has 0 saturated carbocycles. The van der Waals surface area contributed by atoms with Crippen molar-refractivity contribution in [2.75, 3.05) is 11.9 Å². The summed E-state index contributed by atoms with van der Waals surface area (Å²) < 4.78 is 33.7. The molecule has 6 nitrogen and oxygen atoms in total. The van der Waals surface area contributed by atoms with E-state index in [0.717, 1.165) is 15.4 Å². The van der Waals surface area contributed by atoms with Crippen LogP contribution in [0.5, 0.6) is 11.5 Å². The number of para-hydroxylation sites is 1. The summed E-state index contributed by atoms with van der Waals surface area (Å²) in [6.45, 7) is 1.64. The van der Waals surface area contributed by atoms with Gasteiger partial charge in [0.15, 0.2) is 0 Å². The number of nitrogens with one attached hydrogen (secondary N) is 1. The van der Waals surface area contributed by atoms with E-state index in [4.69, 9.17) is 16.3 Å². The molecular weight excluding hydrogens is 496 g/mol. The van der Waals surface area contributed by atoms with Crippen molar-refractivity contribution in [2.24, 2.45) is 0 Å². The van der Waals surface area contributed by atoms with Gasteiger partial charge in [-0.3, -0.25) is 4.79 Å². The van der Waals surface area contributed by atoms with E-state index in [0.29, 0.717) is 22.2 Å². The van der Waals surface area contributed by atoms with E-state index in [1.165, 1.54) is 24.3 Å². The van der Waals surface area contributed by atoms with Gasteiger partial charge in [-0.25, -0.2) is 8.42 Å². The summed E-state index contributed by atoms with van der Waals surface area (Å²) in [5.74, 6) is 0.857. The van der Waals surface area contributed by atoms with Crippen LogP contribution in [0.3, 0.4) is 0 Å². The number of carbonyl (C=O) groups is 1. The molecule has 0 spiro atoms. The van der Waals surface area contributed by atoms with E-state index in [2.05, 4.69) is 5.32 Å². The first-order valence-electron chi connectivity index (χ1n) is 11.2. The number of rotatable bonds is 9. The molecule has 0 unspecified atom stereocenters. The summed E-state index contributed by atoms with van der Waals surface area (Å²) in [7, 11) is -3.96. The van der Waals surface area contributed by atoms with Crippen LogP contribution in [0.2, 0.25) is 5.02 Å². The van der Waals surface area contributed by atoms with E-state index < -0.39 is 15.9 Å². The van der Waals surface area contributed by atoms with Crippen LogP contribution in [0.15, 0.2) is 108 Å². The first kappa shape index (κ1) is 25.4. The molecular formula is C28H25ClN2O4S. The average molecular weight is 521 g/mol. The second-order valence-corrected chi connectivity index (χ2v) is 10.6. The van der Waals surface area contributed by atoms with Crippen molar-refractivity contribution in [1.29, 1.82) is 0 Å². The topological polar surface area (TPSA) is 75.7 Å². The Morgan fingerprint density at radius 1 is 0.833 bits per heavy atom. The Kier molecular flexibility index (Phi) is 8.05. The molecule has 4 rings (SSSR count). The smallest absolute Gasteiger partial charge is 0.243 e. The normalized spacial score (nSPS) is 11.3. The number of aryl methyl sites for hydroxylation is 1. The van der Waals surface area contributed by atoms with Gasteiger partial charge in [0.2, 0.25) is 15.9 Å².